The smallest absolute Gasteiger partial charge is 0.203 e. The summed E-state index contributed by atoms with van der Waals surface area (Å²) in [6.07, 6.45) is 0.169. The monoisotopic (exact) mass is 294 g/mol. The van der Waals surface area contributed by atoms with E-state index in [2.05, 4.69) is 0 Å². The molecule has 2 atom stereocenters. The van der Waals surface area contributed by atoms with Crippen LogP contribution in [0.1, 0.15) is 20.3 Å². The molecule has 0 saturated carbocycles. The number of rotatable bonds is 7. The third-order valence-corrected chi connectivity index (χ3v) is 2.94. The molecule has 0 saturated heterocycles. The zero-order valence-corrected chi connectivity index (χ0v) is 13.1. The fourth-order valence-electron chi connectivity index (χ4n) is 2.04. The highest BCUT2D eigenvalue weighted by molar-refractivity contribution is 5.55. The molecular formula is C15H22N2O4. The Morgan fingerprint density at radius 2 is 1.71 bits per heavy atom. The Hall–Kier alpha value is -2.13. The Morgan fingerprint density at radius 3 is 2.10 bits per heavy atom. The molecule has 0 spiro atoms. The van der Waals surface area contributed by atoms with E-state index in [1.54, 1.807) is 19.1 Å². The molecule has 0 heterocycles. The van der Waals surface area contributed by atoms with Crippen molar-refractivity contribution in [1.82, 2.24) is 0 Å². The molecule has 0 amide bonds. The average Bonchev–Trinajstić information content (AvgIpc) is 2.45. The average molecular weight is 294 g/mol. The Balaban J connectivity index is 2.97. The van der Waals surface area contributed by atoms with Gasteiger partial charge in [-0.05, 0) is 13.8 Å². The van der Waals surface area contributed by atoms with Crippen LogP contribution in [-0.2, 0) is 0 Å². The molecule has 0 aliphatic rings. The normalized spacial score (nSPS) is 14.5. The van der Waals surface area contributed by atoms with E-state index in [9.17, 15) is 0 Å². The Bertz CT molecular complexity index is 498. The standard InChI is InChI=1S/C15H22N2O4/c1-10(8-15(2,17)9-16)21-11-6-12(18-3)14(20-5)13(7-11)19-4/h6-7,10H,8,17H2,1-5H3. The zero-order chi connectivity index (χ0) is 16.0. The van der Waals surface area contributed by atoms with Crippen LogP contribution in [0.4, 0.5) is 0 Å². The van der Waals surface area contributed by atoms with Gasteiger partial charge in [0.1, 0.15) is 11.3 Å². The lowest BCUT2D eigenvalue weighted by Crippen LogP contribution is -2.38. The molecular weight excluding hydrogens is 272 g/mol. The van der Waals surface area contributed by atoms with Gasteiger partial charge in [0.05, 0.1) is 33.5 Å². The van der Waals surface area contributed by atoms with Crippen LogP contribution in [-0.4, -0.2) is 33.0 Å². The summed E-state index contributed by atoms with van der Waals surface area (Å²) in [6.45, 7) is 3.52. The summed E-state index contributed by atoms with van der Waals surface area (Å²) >= 11 is 0. The van der Waals surface area contributed by atoms with Crippen molar-refractivity contribution < 1.29 is 18.9 Å². The number of ether oxygens (including phenoxy) is 4. The second kappa shape index (κ2) is 7.04. The molecule has 116 valence electrons. The van der Waals surface area contributed by atoms with Crippen LogP contribution in [0, 0.1) is 11.3 Å². The van der Waals surface area contributed by atoms with Gasteiger partial charge in [-0.3, -0.25) is 0 Å². The van der Waals surface area contributed by atoms with E-state index < -0.39 is 5.54 Å². The summed E-state index contributed by atoms with van der Waals surface area (Å²) < 4.78 is 21.6. The molecule has 1 rings (SSSR count). The van der Waals surface area contributed by atoms with Crippen molar-refractivity contribution in [1.29, 1.82) is 5.26 Å². The van der Waals surface area contributed by atoms with Crippen molar-refractivity contribution in [3.05, 3.63) is 12.1 Å². The van der Waals surface area contributed by atoms with Gasteiger partial charge in [0.25, 0.3) is 0 Å². The molecule has 0 aromatic heterocycles. The molecule has 1 aromatic carbocycles. The SMILES string of the molecule is COc1cc(OC(C)CC(C)(N)C#N)cc(OC)c1OC. The van der Waals surface area contributed by atoms with E-state index in [0.717, 1.165) is 0 Å². The van der Waals surface area contributed by atoms with Gasteiger partial charge in [-0.25, -0.2) is 0 Å². The number of nitriles is 1. The fraction of sp³-hybridized carbons (Fsp3) is 0.533. The molecule has 0 bridgehead atoms. The Labute approximate surface area is 125 Å². The summed E-state index contributed by atoms with van der Waals surface area (Å²) in [6, 6.07) is 5.46. The maximum atomic E-state index is 8.95. The minimum atomic E-state index is -0.930. The first kappa shape index (κ1) is 16.9. The van der Waals surface area contributed by atoms with Gasteiger partial charge in [0, 0.05) is 18.6 Å². The second-order valence-electron chi connectivity index (χ2n) is 5.02. The van der Waals surface area contributed by atoms with Crippen LogP contribution < -0.4 is 24.7 Å². The van der Waals surface area contributed by atoms with Gasteiger partial charge in [-0.1, -0.05) is 0 Å². The summed E-state index contributed by atoms with van der Waals surface area (Å²) in [4.78, 5) is 0. The highest BCUT2D eigenvalue weighted by Gasteiger charge is 2.23. The highest BCUT2D eigenvalue weighted by atomic mass is 16.5. The van der Waals surface area contributed by atoms with Gasteiger partial charge >= 0.3 is 0 Å². The lowest BCUT2D eigenvalue weighted by molar-refractivity contribution is 0.189. The van der Waals surface area contributed by atoms with Crippen LogP contribution >= 0.6 is 0 Å². The first-order valence-electron chi connectivity index (χ1n) is 6.53. The van der Waals surface area contributed by atoms with E-state index in [4.69, 9.17) is 29.9 Å². The Morgan fingerprint density at radius 1 is 1.19 bits per heavy atom. The van der Waals surface area contributed by atoms with E-state index in [1.165, 1.54) is 21.3 Å². The van der Waals surface area contributed by atoms with Crippen LogP contribution in [0.25, 0.3) is 0 Å². The summed E-state index contributed by atoms with van der Waals surface area (Å²) in [7, 11) is 4.62. The number of hydrogen-bond acceptors (Lipinski definition) is 6. The molecule has 21 heavy (non-hydrogen) atoms. The van der Waals surface area contributed by atoms with Crippen molar-refractivity contribution in [2.45, 2.75) is 31.9 Å². The van der Waals surface area contributed by atoms with Crippen LogP contribution in [0.3, 0.4) is 0 Å². The number of nitrogens with zero attached hydrogens (tertiary/aromatic N) is 1. The van der Waals surface area contributed by atoms with Crippen molar-refractivity contribution >= 4 is 0 Å². The lowest BCUT2D eigenvalue weighted by atomic mass is 9.98. The maximum Gasteiger partial charge on any atom is 0.203 e. The van der Waals surface area contributed by atoms with Crippen LogP contribution in [0.2, 0.25) is 0 Å². The molecule has 1 aromatic rings. The van der Waals surface area contributed by atoms with E-state index in [-0.39, 0.29) is 6.10 Å². The molecule has 0 aliphatic carbocycles. The van der Waals surface area contributed by atoms with Gasteiger partial charge in [-0.2, -0.15) is 5.26 Å². The summed E-state index contributed by atoms with van der Waals surface area (Å²) in [5.74, 6) is 2.08. The van der Waals surface area contributed by atoms with Crippen molar-refractivity contribution in [2.24, 2.45) is 5.73 Å². The molecule has 6 heteroatoms. The van der Waals surface area contributed by atoms with Crippen LogP contribution in [0.5, 0.6) is 23.0 Å². The predicted octanol–water partition coefficient (Wildman–Crippen LogP) is 2.11. The lowest BCUT2D eigenvalue weighted by Gasteiger charge is -2.22. The van der Waals surface area contributed by atoms with Gasteiger partial charge < -0.3 is 24.7 Å². The fourth-order valence-corrected chi connectivity index (χ4v) is 2.04. The summed E-state index contributed by atoms with van der Waals surface area (Å²) in [5.41, 5.74) is 4.89. The number of hydrogen-bond donors (Lipinski definition) is 1. The van der Waals surface area contributed by atoms with Crippen LogP contribution in [0.15, 0.2) is 12.1 Å². The minimum absolute atomic E-state index is 0.234. The first-order valence-corrected chi connectivity index (χ1v) is 6.53. The quantitative estimate of drug-likeness (QED) is 0.828. The molecule has 6 nitrogen and oxygen atoms in total. The maximum absolute atomic E-state index is 8.95. The van der Waals surface area contributed by atoms with Crippen molar-refractivity contribution in [3.63, 3.8) is 0 Å². The number of methoxy groups -OCH3 is 3. The molecule has 0 radical (unpaired) electrons. The molecule has 2 N–H and O–H groups in total. The molecule has 2 unspecified atom stereocenters. The highest BCUT2D eigenvalue weighted by Crippen LogP contribution is 2.41. The minimum Gasteiger partial charge on any atom is -0.493 e. The molecule has 0 fully saturated rings. The third-order valence-electron chi connectivity index (χ3n) is 2.94. The van der Waals surface area contributed by atoms with E-state index in [0.29, 0.717) is 29.4 Å². The summed E-state index contributed by atoms with van der Waals surface area (Å²) in [5, 5.41) is 8.95. The van der Waals surface area contributed by atoms with Crippen molar-refractivity contribution in [3.8, 4) is 29.1 Å². The topological polar surface area (TPSA) is 86.7 Å². The van der Waals surface area contributed by atoms with Crippen molar-refractivity contribution in [2.75, 3.05) is 21.3 Å². The zero-order valence-electron chi connectivity index (χ0n) is 13.1. The van der Waals surface area contributed by atoms with Gasteiger partial charge in [-0.15, -0.1) is 0 Å². The van der Waals surface area contributed by atoms with E-state index >= 15 is 0 Å². The number of nitrogens with two attached hydrogens (primary N) is 1. The largest absolute Gasteiger partial charge is 0.493 e. The Kier molecular flexibility index (Phi) is 5.68. The first-order chi connectivity index (χ1) is 9.86. The second-order valence-corrected chi connectivity index (χ2v) is 5.02. The number of benzene rings is 1. The molecule has 0 aliphatic heterocycles. The van der Waals surface area contributed by atoms with E-state index in [1.807, 2.05) is 13.0 Å². The van der Waals surface area contributed by atoms with Gasteiger partial charge in [0.15, 0.2) is 11.5 Å². The van der Waals surface area contributed by atoms with Gasteiger partial charge in [0.2, 0.25) is 5.75 Å². The predicted molar refractivity (Wildman–Crippen MR) is 79.0 cm³/mol. The third kappa shape index (κ3) is 4.43.